The van der Waals surface area contributed by atoms with Gasteiger partial charge in [0.05, 0.1) is 11.0 Å². The van der Waals surface area contributed by atoms with Gasteiger partial charge in [0.2, 0.25) is 0 Å². The van der Waals surface area contributed by atoms with E-state index in [1.54, 1.807) is 30.3 Å². The van der Waals surface area contributed by atoms with Gasteiger partial charge in [-0.3, -0.25) is 10.1 Å². The third kappa shape index (κ3) is 2.73. The van der Waals surface area contributed by atoms with Gasteiger partial charge in [0, 0.05) is 18.1 Å². The van der Waals surface area contributed by atoms with Crippen LogP contribution in [0.3, 0.4) is 0 Å². The van der Waals surface area contributed by atoms with Crippen molar-refractivity contribution >= 4 is 5.69 Å². The first-order valence-corrected chi connectivity index (χ1v) is 5.64. The van der Waals surface area contributed by atoms with Crippen LogP contribution in [0, 0.1) is 10.1 Å². The molecule has 2 rings (SSSR count). The fourth-order valence-electron chi connectivity index (χ4n) is 1.86. The second kappa shape index (κ2) is 5.42. The summed E-state index contributed by atoms with van der Waals surface area (Å²) in [5, 5.41) is 20.9. The Balaban J connectivity index is 2.22. The molecule has 0 radical (unpaired) electrons. The third-order valence-corrected chi connectivity index (χ3v) is 2.79. The van der Waals surface area contributed by atoms with Crippen LogP contribution in [0.2, 0.25) is 0 Å². The highest BCUT2D eigenvalue weighted by Gasteiger charge is 2.16. The van der Waals surface area contributed by atoms with Crippen molar-refractivity contribution < 1.29 is 10.0 Å². The maximum atomic E-state index is 10.9. The fourth-order valence-corrected chi connectivity index (χ4v) is 1.86. The summed E-state index contributed by atoms with van der Waals surface area (Å²) in [4.78, 5) is 10.4. The van der Waals surface area contributed by atoms with Crippen LogP contribution in [0.5, 0.6) is 0 Å². The molecular weight excluding hydrogens is 230 g/mol. The highest BCUT2D eigenvalue weighted by Crippen LogP contribution is 2.24. The summed E-state index contributed by atoms with van der Waals surface area (Å²) in [7, 11) is 0. The van der Waals surface area contributed by atoms with E-state index in [0.717, 1.165) is 5.56 Å². The number of hydrogen-bond acceptors (Lipinski definition) is 3. The molecule has 0 unspecified atom stereocenters. The minimum absolute atomic E-state index is 0.0486. The van der Waals surface area contributed by atoms with Crippen LogP contribution in [0.15, 0.2) is 54.6 Å². The van der Waals surface area contributed by atoms with Gasteiger partial charge in [0.15, 0.2) is 0 Å². The number of aliphatic hydroxyl groups excluding tert-OH is 1. The van der Waals surface area contributed by atoms with Crippen LogP contribution < -0.4 is 0 Å². The van der Waals surface area contributed by atoms with Crippen molar-refractivity contribution in [3.8, 4) is 0 Å². The Bertz CT molecular complexity index is 540. The molecule has 0 heterocycles. The van der Waals surface area contributed by atoms with Crippen LogP contribution in [0.1, 0.15) is 17.2 Å². The van der Waals surface area contributed by atoms with Gasteiger partial charge in [0.1, 0.15) is 0 Å². The second-order valence-corrected chi connectivity index (χ2v) is 4.02. The molecule has 0 bridgehead atoms. The van der Waals surface area contributed by atoms with Crippen LogP contribution in [-0.4, -0.2) is 10.0 Å². The zero-order valence-electron chi connectivity index (χ0n) is 9.69. The number of hydrogen-bond donors (Lipinski definition) is 1. The van der Waals surface area contributed by atoms with E-state index in [0.29, 0.717) is 5.56 Å². The van der Waals surface area contributed by atoms with Crippen molar-refractivity contribution in [3.05, 3.63) is 75.8 Å². The molecule has 0 aromatic heterocycles. The van der Waals surface area contributed by atoms with Crippen LogP contribution in [-0.2, 0) is 6.42 Å². The summed E-state index contributed by atoms with van der Waals surface area (Å²) in [5.74, 6) is 0. The zero-order chi connectivity index (χ0) is 13.0. The summed E-state index contributed by atoms with van der Waals surface area (Å²) < 4.78 is 0. The number of para-hydroxylation sites is 1. The molecule has 0 aliphatic carbocycles. The van der Waals surface area contributed by atoms with Crippen molar-refractivity contribution in [1.82, 2.24) is 0 Å². The van der Waals surface area contributed by atoms with Gasteiger partial charge >= 0.3 is 0 Å². The standard InChI is InChI=1S/C14H13NO3/c16-14(11-6-2-1-3-7-11)10-12-8-4-5-9-13(12)15(17)18/h1-9,14,16H,10H2/t14-/m0/s1. The Morgan fingerprint density at radius 3 is 2.33 bits per heavy atom. The SMILES string of the molecule is O=[N+]([O-])c1ccccc1C[C@H](O)c1ccccc1. The van der Waals surface area contributed by atoms with Gasteiger partial charge in [0.25, 0.3) is 5.69 Å². The summed E-state index contributed by atoms with van der Waals surface area (Å²) >= 11 is 0. The first kappa shape index (κ1) is 12.3. The van der Waals surface area contributed by atoms with E-state index in [4.69, 9.17) is 0 Å². The highest BCUT2D eigenvalue weighted by atomic mass is 16.6. The fraction of sp³-hybridized carbons (Fsp3) is 0.143. The number of nitrogens with zero attached hydrogens (tertiary/aromatic N) is 1. The maximum Gasteiger partial charge on any atom is 0.272 e. The van der Waals surface area contributed by atoms with Crippen molar-refractivity contribution in [2.45, 2.75) is 12.5 Å². The van der Waals surface area contributed by atoms with E-state index in [9.17, 15) is 15.2 Å². The van der Waals surface area contributed by atoms with Gasteiger partial charge < -0.3 is 5.11 Å². The van der Waals surface area contributed by atoms with Crippen molar-refractivity contribution in [2.24, 2.45) is 0 Å². The molecule has 0 aliphatic heterocycles. The second-order valence-electron chi connectivity index (χ2n) is 4.02. The first-order chi connectivity index (χ1) is 8.68. The molecule has 2 aromatic rings. The topological polar surface area (TPSA) is 63.4 Å². The van der Waals surface area contributed by atoms with Gasteiger partial charge in [-0.05, 0) is 5.56 Å². The quantitative estimate of drug-likeness (QED) is 0.663. The van der Waals surface area contributed by atoms with Crippen molar-refractivity contribution in [3.63, 3.8) is 0 Å². The molecule has 92 valence electrons. The van der Waals surface area contributed by atoms with Crippen LogP contribution in [0.4, 0.5) is 5.69 Å². The monoisotopic (exact) mass is 243 g/mol. The molecule has 4 heteroatoms. The predicted molar refractivity (Wildman–Crippen MR) is 68.2 cm³/mol. The van der Waals surface area contributed by atoms with Gasteiger partial charge in [-0.2, -0.15) is 0 Å². The summed E-state index contributed by atoms with van der Waals surface area (Å²) in [5.41, 5.74) is 1.35. The highest BCUT2D eigenvalue weighted by molar-refractivity contribution is 5.40. The van der Waals surface area contributed by atoms with E-state index in [1.165, 1.54) is 6.07 Å². The Morgan fingerprint density at radius 2 is 1.67 bits per heavy atom. The van der Waals surface area contributed by atoms with Crippen LogP contribution >= 0.6 is 0 Å². The molecule has 18 heavy (non-hydrogen) atoms. The molecule has 1 atom stereocenters. The van der Waals surface area contributed by atoms with Crippen LogP contribution in [0.25, 0.3) is 0 Å². The number of nitro benzene ring substituents is 1. The van der Waals surface area contributed by atoms with Crippen molar-refractivity contribution in [1.29, 1.82) is 0 Å². The molecule has 4 nitrogen and oxygen atoms in total. The molecule has 0 spiro atoms. The van der Waals surface area contributed by atoms with E-state index in [-0.39, 0.29) is 12.1 Å². The Morgan fingerprint density at radius 1 is 1.06 bits per heavy atom. The Kier molecular flexibility index (Phi) is 3.69. The molecule has 1 N–H and O–H groups in total. The predicted octanol–water partition coefficient (Wildman–Crippen LogP) is 2.87. The first-order valence-electron chi connectivity index (χ1n) is 5.64. The average molecular weight is 243 g/mol. The smallest absolute Gasteiger partial charge is 0.272 e. The van der Waals surface area contributed by atoms with E-state index < -0.39 is 11.0 Å². The number of benzene rings is 2. The molecule has 0 amide bonds. The van der Waals surface area contributed by atoms with E-state index in [1.807, 2.05) is 18.2 Å². The summed E-state index contributed by atoms with van der Waals surface area (Å²) in [6, 6.07) is 15.6. The Hall–Kier alpha value is -2.20. The summed E-state index contributed by atoms with van der Waals surface area (Å²) in [6.07, 6.45) is -0.492. The third-order valence-electron chi connectivity index (χ3n) is 2.79. The maximum absolute atomic E-state index is 10.9. The summed E-state index contributed by atoms with van der Waals surface area (Å²) in [6.45, 7) is 0. The molecule has 0 fully saturated rings. The average Bonchev–Trinajstić information content (AvgIpc) is 2.40. The minimum Gasteiger partial charge on any atom is -0.388 e. The zero-order valence-corrected chi connectivity index (χ0v) is 9.69. The van der Waals surface area contributed by atoms with Gasteiger partial charge in [-0.1, -0.05) is 48.5 Å². The lowest BCUT2D eigenvalue weighted by molar-refractivity contribution is -0.385. The lowest BCUT2D eigenvalue weighted by atomic mass is 10.0. The van der Waals surface area contributed by atoms with Gasteiger partial charge in [-0.25, -0.2) is 0 Å². The van der Waals surface area contributed by atoms with Crippen molar-refractivity contribution in [2.75, 3.05) is 0 Å². The number of aliphatic hydroxyl groups is 1. The Labute approximate surface area is 105 Å². The normalized spacial score (nSPS) is 12.1. The molecular formula is C14H13NO3. The van der Waals surface area contributed by atoms with E-state index >= 15 is 0 Å². The molecule has 2 aromatic carbocycles. The van der Waals surface area contributed by atoms with Gasteiger partial charge in [-0.15, -0.1) is 0 Å². The molecule has 0 saturated carbocycles. The minimum atomic E-state index is -0.729. The number of nitro groups is 1. The molecule has 0 aliphatic rings. The largest absolute Gasteiger partial charge is 0.388 e. The molecule has 0 saturated heterocycles. The lowest BCUT2D eigenvalue weighted by Gasteiger charge is -2.10. The lowest BCUT2D eigenvalue weighted by Crippen LogP contribution is -2.04. The van der Waals surface area contributed by atoms with E-state index in [2.05, 4.69) is 0 Å². The number of rotatable bonds is 4.